The number of nitrogens with zero attached hydrogens (tertiary/aromatic N) is 6. The Labute approximate surface area is 170 Å². The van der Waals surface area contributed by atoms with Crippen molar-refractivity contribution >= 4 is 22.6 Å². The fraction of sp³-hybridized carbons (Fsp3) is 0.400. The Morgan fingerprint density at radius 3 is 2.83 bits per heavy atom. The van der Waals surface area contributed by atoms with Crippen molar-refractivity contribution in [2.24, 2.45) is 0 Å². The molecule has 1 fully saturated rings. The maximum Gasteiger partial charge on any atom is 0.256 e. The molecule has 0 unspecified atom stereocenters. The van der Waals surface area contributed by atoms with Crippen molar-refractivity contribution in [2.45, 2.75) is 44.9 Å². The number of fused-ring (bicyclic) bond motifs is 2. The van der Waals surface area contributed by atoms with Crippen molar-refractivity contribution < 1.29 is 13.5 Å². The lowest BCUT2D eigenvalue weighted by Crippen LogP contribution is -2.40. The number of hydrogen-bond acceptors (Lipinski definition) is 6. The van der Waals surface area contributed by atoms with E-state index < -0.39 is 13.0 Å². The molecule has 0 spiro atoms. The van der Waals surface area contributed by atoms with E-state index in [1.54, 1.807) is 30.9 Å². The van der Waals surface area contributed by atoms with Gasteiger partial charge in [0.05, 0.1) is 29.9 Å². The molecule has 156 valence electrons. The summed E-state index contributed by atoms with van der Waals surface area (Å²) in [5.74, 6) is 1.07. The summed E-state index contributed by atoms with van der Waals surface area (Å²) in [6.07, 6.45) is 5.01. The summed E-state index contributed by atoms with van der Waals surface area (Å²) in [7, 11) is 1.72. The van der Waals surface area contributed by atoms with Crippen molar-refractivity contribution in [3.05, 3.63) is 36.5 Å². The van der Waals surface area contributed by atoms with Crippen molar-refractivity contribution in [2.75, 3.05) is 12.4 Å². The molecule has 1 aliphatic rings. The van der Waals surface area contributed by atoms with E-state index in [-0.39, 0.29) is 0 Å². The average Bonchev–Trinajstić information content (AvgIpc) is 3.24. The molecule has 4 heterocycles. The molecule has 5 rings (SSSR count). The molecule has 0 radical (unpaired) electrons. The summed E-state index contributed by atoms with van der Waals surface area (Å²) < 4.78 is 34.5. The van der Waals surface area contributed by atoms with Crippen molar-refractivity contribution in [3.63, 3.8) is 0 Å². The Kier molecular flexibility index (Phi) is 4.58. The van der Waals surface area contributed by atoms with Gasteiger partial charge in [-0.05, 0) is 31.9 Å². The zero-order valence-corrected chi connectivity index (χ0v) is 16.6. The SMILES string of the molecule is COC1CC(Nc2ncc3c(-c4cnc5nc(C)n(CC(F)F)c5c4)ccn3n2)C1. The van der Waals surface area contributed by atoms with Crippen LogP contribution < -0.4 is 5.32 Å². The van der Waals surface area contributed by atoms with E-state index >= 15 is 0 Å². The normalized spacial score (nSPS) is 19.0. The van der Waals surface area contributed by atoms with E-state index in [0.717, 1.165) is 29.5 Å². The van der Waals surface area contributed by atoms with E-state index in [0.29, 0.717) is 35.1 Å². The van der Waals surface area contributed by atoms with E-state index in [4.69, 9.17) is 4.74 Å². The number of hydrogen-bond donors (Lipinski definition) is 1. The summed E-state index contributed by atoms with van der Waals surface area (Å²) in [6.45, 7) is 1.30. The number of aromatic nitrogens is 6. The Balaban J connectivity index is 1.46. The van der Waals surface area contributed by atoms with Gasteiger partial charge in [-0.15, -0.1) is 5.10 Å². The zero-order valence-electron chi connectivity index (χ0n) is 16.6. The number of halogens is 2. The number of pyridine rings is 1. The van der Waals surface area contributed by atoms with Crippen LogP contribution >= 0.6 is 0 Å². The summed E-state index contributed by atoms with van der Waals surface area (Å²) in [4.78, 5) is 13.1. The smallest absolute Gasteiger partial charge is 0.256 e. The number of ether oxygens (including phenoxy) is 1. The highest BCUT2D eigenvalue weighted by Crippen LogP contribution is 2.29. The van der Waals surface area contributed by atoms with Gasteiger partial charge < -0.3 is 14.6 Å². The molecular weight excluding hydrogens is 392 g/mol. The van der Waals surface area contributed by atoms with Gasteiger partial charge in [-0.2, -0.15) is 0 Å². The second kappa shape index (κ2) is 7.28. The molecule has 0 aliphatic heterocycles. The molecule has 30 heavy (non-hydrogen) atoms. The van der Waals surface area contributed by atoms with Gasteiger partial charge >= 0.3 is 0 Å². The Morgan fingerprint density at radius 2 is 2.07 bits per heavy atom. The predicted octanol–water partition coefficient (Wildman–Crippen LogP) is 3.30. The van der Waals surface area contributed by atoms with Crippen LogP contribution in [0.25, 0.3) is 27.8 Å². The molecule has 0 aromatic carbocycles. The molecule has 10 heteroatoms. The minimum Gasteiger partial charge on any atom is -0.381 e. The van der Waals surface area contributed by atoms with Gasteiger partial charge in [0.15, 0.2) is 5.65 Å². The Hall–Kier alpha value is -3.14. The van der Waals surface area contributed by atoms with Crippen LogP contribution in [0.1, 0.15) is 18.7 Å². The van der Waals surface area contributed by atoms with Gasteiger partial charge in [-0.1, -0.05) is 0 Å². The number of anilines is 1. The van der Waals surface area contributed by atoms with Crippen molar-refractivity contribution in [1.29, 1.82) is 0 Å². The van der Waals surface area contributed by atoms with Gasteiger partial charge in [-0.25, -0.2) is 28.2 Å². The zero-order chi connectivity index (χ0) is 20.8. The third-order valence-corrected chi connectivity index (χ3v) is 5.61. The van der Waals surface area contributed by atoms with Crippen molar-refractivity contribution in [3.8, 4) is 11.1 Å². The maximum absolute atomic E-state index is 13.0. The summed E-state index contributed by atoms with van der Waals surface area (Å²) in [5.41, 5.74) is 3.52. The molecule has 1 N–H and O–H groups in total. The summed E-state index contributed by atoms with van der Waals surface area (Å²) >= 11 is 0. The molecule has 0 saturated heterocycles. The summed E-state index contributed by atoms with van der Waals surface area (Å²) in [6, 6.07) is 4.07. The molecule has 8 nitrogen and oxygen atoms in total. The number of aryl methyl sites for hydroxylation is 1. The first-order valence-electron chi connectivity index (χ1n) is 9.77. The molecule has 0 bridgehead atoms. The van der Waals surface area contributed by atoms with Crippen LogP contribution in [-0.4, -0.2) is 54.8 Å². The first-order valence-corrected chi connectivity index (χ1v) is 9.77. The second-order valence-corrected chi connectivity index (χ2v) is 7.54. The van der Waals surface area contributed by atoms with Crippen LogP contribution in [0.15, 0.2) is 30.7 Å². The standard InChI is InChI=1S/C20H21F2N7O/c1-11-25-19-16(28(11)10-18(21)22)5-12(8-23-19)15-3-4-29-17(15)9-24-20(27-29)26-13-6-14(7-13)30-2/h3-5,8-9,13-14,18H,6-7,10H2,1-2H3,(H,26,27). The molecule has 1 aliphatic carbocycles. The monoisotopic (exact) mass is 413 g/mol. The average molecular weight is 413 g/mol. The highest BCUT2D eigenvalue weighted by molar-refractivity contribution is 5.85. The number of imidazole rings is 1. The molecule has 1 saturated carbocycles. The minimum absolute atomic E-state index is 0.300. The summed E-state index contributed by atoms with van der Waals surface area (Å²) in [5, 5.41) is 7.85. The van der Waals surface area contributed by atoms with Crippen molar-refractivity contribution in [1.82, 2.24) is 29.1 Å². The van der Waals surface area contributed by atoms with Crippen LogP contribution in [0.4, 0.5) is 14.7 Å². The van der Waals surface area contributed by atoms with Gasteiger partial charge in [0.2, 0.25) is 5.95 Å². The van der Waals surface area contributed by atoms with Crippen LogP contribution in [0.3, 0.4) is 0 Å². The second-order valence-electron chi connectivity index (χ2n) is 7.54. The number of methoxy groups -OCH3 is 1. The molecule has 0 atom stereocenters. The quantitative estimate of drug-likeness (QED) is 0.522. The molecular formula is C20H21F2N7O. The number of alkyl halides is 2. The topological polar surface area (TPSA) is 82.2 Å². The number of rotatable bonds is 6. The highest BCUT2D eigenvalue weighted by Gasteiger charge is 2.29. The van der Waals surface area contributed by atoms with Gasteiger partial charge in [0.25, 0.3) is 6.43 Å². The number of nitrogens with one attached hydrogen (secondary N) is 1. The van der Waals surface area contributed by atoms with Gasteiger partial charge in [-0.3, -0.25) is 0 Å². The van der Waals surface area contributed by atoms with E-state index in [9.17, 15) is 8.78 Å². The fourth-order valence-corrected chi connectivity index (χ4v) is 3.90. The molecule has 0 amide bonds. The molecule has 4 aromatic rings. The van der Waals surface area contributed by atoms with Gasteiger partial charge in [0.1, 0.15) is 5.82 Å². The lowest BCUT2D eigenvalue weighted by atomic mass is 9.89. The van der Waals surface area contributed by atoms with Crippen LogP contribution in [0, 0.1) is 6.92 Å². The largest absolute Gasteiger partial charge is 0.381 e. The van der Waals surface area contributed by atoms with E-state index in [1.165, 1.54) is 4.57 Å². The minimum atomic E-state index is -2.46. The fourth-order valence-electron chi connectivity index (χ4n) is 3.90. The lowest BCUT2D eigenvalue weighted by molar-refractivity contribution is 0.0326. The first kappa shape index (κ1) is 18.9. The first-order chi connectivity index (χ1) is 14.5. The van der Waals surface area contributed by atoms with Crippen LogP contribution in [0.5, 0.6) is 0 Å². The van der Waals surface area contributed by atoms with Crippen LogP contribution in [-0.2, 0) is 11.3 Å². The van der Waals surface area contributed by atoms with Gasteiger partial charge in [0, 0.05) is 36.7 Å². The molecule has 4 aromatic heterocycles. The Bertz CT molecular complexity index is 1210. The van der Waals surface area contributed by atoms with E-state index in [2.05, 4.69) is 25.4 Å². The Morgan fingerprint density at radius 1 is 1.23 bits per heavy atom. The predicted molar refractivity (Wildman–Crippen MR) is 108 cm³/mol. The maximum atomic E-state index is 13.0. The van der Waals surface area contributed by atoms with E-state index in [1.807, 2.05) is 18.3 Å². The lowest BCUT2D eigenvalue weighted by Gasteiger charge is -2.34. The third-order valence-electron chi connectivity index (χ3n) is 5.61. The third kappa shape index (κ3) is 3.26. The van der Waals surface area contributed by atoms with Crippen LogP contribution in [0.2, 0.25) is 0 Å². The highest BCUT2D eigenvalue weighted by atomic mass is 19.3.